The van der Waals surface area contributed by atoms with Crippen molar-refractivity contribution in [3.05, 3.63) is 126 Å². The highest BCUT2D eigenvalue weighted by molar-refractivity contribution is 7.13. The third-order valence-corrected chi connectivity index (χ3v) is 8.38. The van der Waals surface area contributed by atoms with Gasteiger partial charge in [0.2, 0.25) is 0 Å². The molecule has 9 heteroatoms. The summed E-state index contributed by atoms with van der Waals surface area (Å²) >= 11 is 1.46. The van der Waals surface area contributed by atoms with Gasteiger partial charge in [-0.3, -0.25) is 4.79 Å². The van der Waals surface area contributed by atoms with Gasteiger partial charge in [-0.25, -0.2) is 9.59 Å². The van der Waals surface area contributed by atoms with E-state index in [-0.39, 0.29) is 38.5 Å². The van der Waals surface area contributed by atoms with Gasteiger partial charge in [-0.1, -0.05) is 117 Å². The van der Waals surface area contributed by atoms with Gasteiger partial charge in [0.25, 0.3) is 0 Å². The zero-order valence-electron chi connectivity index (χ0n) is 26.6. The lowest BCUT2D eigenvalue weighted by Gasteiger charge is -2.27. The van der Waals surface area contributed by atoms with Crippen molar-refractivity contribution in [2.45, 2.75) is 45.9 Å². The van der Waals surface area contributed by atoms with Gasteiger partial charge < -0.3 is 19.7 Å². The predicted octanol–water partition coefficient (Wildman–Crippen LogP) is 7.42. The summed E-state index contributed by atoms with van der Waals surface area (Å²) in [5, 5.41) is 4.00. The molecule has 2 amide bonds. The van der Waals surface area contributed by atoms with Crippen molar-refractivity contribution >= 4 is 39.6 Å². The van der Waals surface area contributed by atoms with E-state index in [0.29, 0.717) is 6.54 Å². The maximum atomic E-state index is 13.6. The van der Waals surface area contributed by atoms with Gasteiger partial charge in [-0.05, 0) is 40.2 Å². The molecule has 1 aromatic heterocycles. The lowest BCUT2D eigenvalue weighted by atomic mass is 10.0. The first-order valence-electron chi connectivity index (χ1n) is 15.7. The lowest BCUT2D eigenvalue weighted by molar-refractivity contribution is -0.147. The minimum absolute atomic E-state index is 0.0306. The number of nitrogens with one attached hydrogen (secondary N) is 1. The molecule has 0 radical (unpaired) electrons. The van der Waals surface area contributed by atoms with Crippen LogP contribution in [0.5, 0.6) is 0 Å². The van der Waals surface area contributed by atoms with E-state index in [1.165, 1.54) is 11.5 Å². The summed E-state index contributed by atoms with van der Waals surface area (Å²) in [5.41, 5.74) is 4.48. The molecule has 1 atom stereocenters. The number of carbonyl (C=O) groups excluding carboxylic acids is 3. The number of hydrogen-bond acceptors (Lipinski definition) is 7. The monoisotopic (exact) mass is 649 g/mol. The van der Waals surface area contributed by atoms with Gasteiger partial charge in [0.1, 0.15) is 19.3 Å². The van der Waals surface area contributed by atoms with E-state index in [0.717, 1.165) is 38.0 Å². The molecule has 0 saturated carbocycles. The van der Waals surface area contributed by atoms with Crippen molar-refractivity contribution in [1.29, 1.82) is 0 Å². The Hall–Kier alpha value is -5.02. The number of benzene rings is 4. The first-order chi connectivity index (χ1) is 22.9. The fourth-order valence-electron chi connectivity index (χ4n) is 5.14. The number of ether oxygens (including phenoxy) is 2. The van der Waals surface area contributed by atoms with Crippen LogP contribution in [-0.2, 0) is 38.7 Å². The molecule has 5 aromatic rings. The Labute approximate surface area is 279 Å². The van der Waals surface area contributed by atoms with E-state index in [9.17, 15) is 14.4 Å². The largest absolute Gasteiger partial charge is 0.461 e. The Balaban J connectivity index is 1.27. The molecule has 0 aliphatic carbocycles. The van der Waals surface area contributed by atoms with Gasteiger partial charge in [0.05, 0.1) is 16.8 Å². The fourth-order valence-corrected chi connectivity index (χ4v) is 5.94. The summed E-state index contributed by atoms with van der Waals surface area (Å²) in [6, 6.07) is 33.4. The first kappa shape index (κ1) is 33.3. The molecule has 0 spiro atoms. The van der Waals surface area contributed by atoms with Crippen molar-refractivity contribution in [3.63, 3.8) is 0 Å². The van der Waals surface area contributed by atoms with E-state index in [2.05, 4.69) is 21.8 Å². The zero-order chi connectivity index (χ0) is 33.0. The highest BCUT2D eigenvalue weighted by atomic mass is 32.1. The Bertz CT molecular complexity index is 1760. The van der Waals surface area contributed by atoms with E-state index in [1.54, 1.807) is 4.90 Å². The summed E-state index contributed by atoms with van der Waals surface area (Å²) < 4.78 is 16.9. The van der Waals surface area contributed by atoms with Crippen LogP contribution in [0.25, 0.3) is 21.3 Å². The Morgan fingerprint density at radius 3 is 2.04 bits per heavy atom. The van der Waals surface area contributed by atoms with Crippen molar-refractivity contribution in [2.75, 3.05) is 13.1 Å². The molecule has 1 heterocycles. The van der Waals surface area contributed by atoms with Crippen LogP contribution in [0.1, 0.15) is 37.0 Å². The van der Waals surface area contributed by atoms with Crippen molar-refractivity contribution in [2.24, 2.45) is 5.92 Å². The van der Waals surface area contributed by atoms with E-state index >= 15 is 0 Å². The van der Waals surface area contributed by atoms with Crippen LogP contribution >= 0.6 is 11.5 Å². The van der Waals surface area contributed by atoms with E-state index in [4.69, 9.17) is 9.47 Å². The summed E-state index contributed by atoms with van der Waals surface area (Å²) in [7, 11) is 0. The highest BCUT2D eigenvalue weighted by Gasteiger charge is 2.26. The molecule has 0 bridgehead atoms. The van der Waals surface area contributed by atoms with Crippen LogP contribution in [0, 0.1) is 5.92 Å². The molecule has 0 saturated heterocycles. The van der Waals surface area contributed by atoms with E-state index in [1.807, 2.05) is 111 Å². The van der Waals surface area contributed by atoms with Crippen molar-refractivity contribution < 1.29 is 23.9 Å². The Kier molecular flexibility index (Phi) is 11.7. The molecule has 1 N–H and O–H groups in total. The van der Waals surface area contributed by atoms with Gasteiger partial charge in [0, 0.05) is 30.5 Å². The molecule has 0 fully saturated rings. The van der Waals surface area contributed by atoms with Crippen LogP contribution in [0.4, 0.5) is 4.79 Å². The van der Waals surface area contributed by atoms with Gasteiger partial charge in [0.15, 0.2) is 0 Å². The molecule has 242 valence electrons. The third-order valence-electron chi connectivity index (χ3n) is 7.55. The number of esters is 2. The molecule has 47 heavy (non-hydrogen) atoms. The number of carbonyl (C=O) groups is 3. The molecule has 0 aliphatic rings. The number of hydrogen-bond donors (Lipinski definition) is 1. The molecule has 8 nitrogen and oxygen atoms in total. The molecule has 0 aliphatic heterocycles. The molecule has 0 unspecified atom stereocenters. The minimum atomic E-state index is -0.947. The number of aromatic nitrogens is 1. The SMILES string of the molecule is CC(C)CN(CCC(=O)OCc1ccccc1)C(=O)N[C@@H](Cc1ccc(-c2nsc3ccccc23)cc1)C(=O)OCc1ccccc1. The molecular weight excluding hydrogens is 611 g/mol. The van der Waals surface area contributed by atoms with Gasteiger partial charge in [-0.15, -0.1) is 0 Å². The van der Waals surface area contributed by atoms with Crippen LogP contribution in [0.15, 0.2) is 109 Å². The standard InChI is InChI=1S/C38H39N3O5S/c1-27(2)24-41(22-21-35(42)45-25-29-11-5-3-6-12-29)38(44)39-33(37(43)46-26-30-13-7-4-8-14-30)23-28-17-19-31(20-18-28)36-32-15-9-10-16-34(32)47-40-36/h3-20,27,33H,21-26H2,1-2H3,(H,39,44)/t33-/m0/s1. The fraction of sp³-hybridized carbons (Fsp3) is 0.263. The van der Waals surface area contributed by atoms with Crippen LogP contribution in [-0.4, -0.2) is 46.4 Å². The van der Waals surface area contributed by atoms with Crippen LogP contribution < -0.4 is 5.32 Å². The normalized spacial score (nSPS) is 11.6. The molecule has 5 rings (SSSR count). The topological polar surface area (TPSA) is 97.8 Å². The number of nitrogens with zero attached hydrogens (tertiary/aromatic N) is 2. The summed E-state index contributed by atoms with van der Waals surface area (Å²) in [4.78, 5) is 41.2. The zero-order valence-corrected chi connectivity index (χ0v) is 27.5. The number of fused-ring (bicyclic) bond motifs is 1. The van der Waals surface area contributed by atoms with Gasteiger partial charge >= 0.3 is 18.0 Å². The first-order valence-corrected chi connectivity index (χ1v) is 16.5. The second-order valence-electron chi connectivity index (χ2n) is 11.8. The van der Waals surface area contributed by atoms with Crippen LogP contribution in [0.2, 0.25) is 0 Å². The number of amides is 2. The molecular formula is C38H39N3O5S. The smallest absolute Gasteiger partial charge is 0.329 e. The quantitative estimate of drug-likeness (QED) is 0.126. The average molecular weight is 650 g/mol. The third kappa shape index (κ3) is 9.73. The Morgan fingerprint density at radius 1 is 0.766 bits per heavy atom. The number of rotatable bonds is 14. The second-order valence-corrected chi connectivity index (χ2v) is 12.6. The lowest BCUT2D eigenvalue weighted by Crippen LogP contribution is -2.50. The second kappa shape index (κ2) is 16.5. The predicted molar refractivity (Wildman–Crippen MR) is 185 cm³/mol. The maximum absolute atomic E-state index is 13.6. The number of urea groups is 1. The highest BCUT2D eigenvalue weighted by Crippen LogP contribution is 2.30. The molecule has 4 aromatic carbocycles. The van der Waals surface area contributed by atoms with Gasteiger partial charge in [-0.2, -0.15) is 4.37 Å². The van der Waals surface area contributed by atoms with Crippen molar-refractivity contribution in [3.8, 4) is 11.3 Å². The maximum Gasteiger partial charge on any atom is 0.329 e. The summed E-state index contributed by atoms with van der Waals surface area (Å²) in [6.07, 6.45) is 0.259. The summed E-state index contributed by atoms with van der Waals surface area (Å²) in [5.74, 6) is -0.801. The van der Waals surface area contributed by atoms with Crippen LogP contribution in [0.3, 0.4) is 0 Å². The Morgan fingerprint density at radius 2 is 1.38 bits per heavy atom. The average Bonchev–Trinajstić information content (AvgIpc) is 3.53. The van der Waals surface area contributed by atoms with Crippen molar-refractivity contribution in [1.82, 2.24) is 14.6 Å². The minimum Gasteiger partial charge on any atom is -0.461 e. The van der Waals surface area contributed by atoms with E-state index < -0.39 is 24.0 Å². The summed E-state index contributed by atoms with van der Waals surface area (Å²) in [6.45, 7) is 4.80.